The molecule has 0 spiro atoms. The molecule has 1 heterocycles. The molecule has 0 saturated carbocycles. The lowest BCUT2D eigenvalue weighted by Gasteiger charge is -2.38. The van der Waals surface area contributed by atoms with Crippen molar-refractivity contribution in [1.29, 1.82) is 0 Å². The Morgan fingerprint density at radius 2 is 2.20 bits per heavy atom. The van der Waals surface area contributed by atoms with Crippen LogP contribution in [0.3, 0.4) is 0 Å². The average Bonchev–Trinajstić information content (AvgIpc) is 1.96. The lowest BCUT2D eigenvalue weighted by atomic mass is 9.90. The van der Waals surface area contributed by atoms with Crippen LogP contribution in [0.2, 0.25) is 0 Å². The molecule has 1 fully saturated rings. The summed E-state index contributed by atoms with van der Waals surface area (Å²) in [5.41, 5.74) is 0.0399. The summed E-state index contributed by atoms with van der Waals surface area (Å²) in [6.07, 6.45) is 9.17. The van der Waals surface area contributed by atoms with Gasteiger partial charge in [-0.05, 0) is 39.8 Å². The van der Waals surface area contributed by atoms with Gasteiger partial charge in [0.25, 0.3) is 0 Å². The summed E-state index contributed by atoms with van der Waals surface area (Å²) in [4.78, 5) is 2.27. The zero-order valence-electron chi connectivity index (χ0n) is 6.85. The fraction of sp³-hybridized carbons (Fsp3) is 0.778. The number of piperidine rings is 1. The molecule has 1 atom stereocenters. The summed E-state index contributed by atoms with van der Waals surface area (Å²) < 4.78 is 0. The normalized spacial score (nSPS) is 35.3. The molecule has 1 heteroatoms. The first kappa shape index (κ1) is 7.63. The molecule has 0 amide bonds. The van der Waals surface area contributed by atoms with Gasteiger partial charge in [-0.3, -0.25) is 4.90 Å². The van der Waals surface area contributed by atoms with E-state index >= 15 is 0 Å². The van der Waals surface area contributed by atoms with Gasteiger partial charge in [0.2, 0.25) is 0 Å². The van der Waals surface area contributed by atoms with E-state index in [1.165, 1.54) is 12.8 Å². The van der Waals surface area contributed by atoms with Gasteiger partial charge in [0.15, 0.2) is 0 Å². The number of terminal acetylenes is 1. The maximum absolute atomic E-state index is 5.44. The molecular weight excluding hydrogens is 122 g/mol. The maximum atomic E-state index is 5.44. The quantitative estimate of drug-likeness (QED) is 0.457. The minimum absolute atomic E-state index is 0.0399. The van der Waals surface area contributed by atoms with E-state index in [2.05, 4.69) is 24.8 Å². The monoisotopic (exact) mass is 137 g/mol. The highest BCUT2D eigenvalue weighted by Gasteiger charge is 2.28. The summed E-state index contributed by atoms with van der Waals surface area (Å²) in [6.45, 7) is 3.30. The minimum Gasteiger partial charge on any atom is -0.291 e. The van der Waals surface area contributed by atoms with Crippen molar-refractivity contribution in [3.05, 3.63) is 0 Å². The van der Waals surface area contributed by atoms with Gasteiger partial charge in [-0.15, -0.1) is 6.42 Å². The molecule has 0 N–H and O–H groups in total. The van der Waals surface area contributed by atoms with Gasteiger partial charge in [-0.1, -0.05) is 5.92 Å². The number of nitrogens with zero attached hydrogens (tertiary/aromatic N) is 1. The predicted octanol–water partition coefficient (Wildman–Crippen LogP) is 1.49. The van der Waals surface area contributed by atoms with Crippen molar-refractivity contribution in [2.45, 2.75) is 31.7 Å². The maximum Gasteiger partial charge on any atom is 0.0792 e. The molecule has 56 valence electrons. The molecule has 0 radical (unpaired) electrons. The minimum atomic E-state index is 0.0399. The van der Waals surface area contributed by atoms with Crippen molar-refractivity contribution in [2.24, 2.45) is 0 Å². The second-order valence-corrected chi connectivity index (χ2v) is 3.30. The van der Waals surface area contributed by atoms with E-state index in [9.17, 15) is 0 Å². The standard InChI is InChI=1S/C9H15N/c1-4-9(2)7-5-6-8-10(9)3/h1H,5-8H2,2-3H3. The van der Waals surface area contributed by atoms with Crippen LogP contribution in [0.15, 0.2) is 0 Å². The first-order valence-electron chi connectivity index (χ1n) is 3.88. The Bertz CT molecular complexity index is 157. The second kappa shape index (κ2) is 2.64. The summed E-state index contributed by atoms with van der Waals surface area (Å²) in [5.74, 6) is 2.86. The van der Waals surface area contributed by atoms with Gasteiger partial charge >= 0.3 is 0 Å². The molecule has 1 rings (SSSR count). The molecule has 1 nitrogen and oxygen atoms in total. The molecule has 0 aromatic heterocycles. The third-order valence-corrected chi connectivity index (χ3v) is 2.56. The molecule has 1 aliphatic heterocycles. The van der Waals surface area contributed by atoms with Gasteiger partial charge in [-0.2, -0.15) is 0 Å². The number of hydrogen-bond acceptors (Lipinski definition) is 1. The molecule has 0 aromatic rings. The van der Waals surface area contributed by atoms with Crippen LogP contribution in [-0.4, -0.2) is 24.0 Å². The molecule has 1 saturated heterocycles. The van der Waals surface area contributed by atoms with Crippen LogP contribution in [0.25, 0.3) is 0 Å². The van der Waals surface area contributed by atoms with E-state index in [4.69, 9.17) is 6.42 Å². The lowest BCUT2D eigenvalue weighted by molar-refractivity contribution is 0.143. The topological polar surface area (TPSA) is 3.24 Å². The van der Waals surface area contributed by atoms with Crippen molar-refractivity contribution in [1.82, 2.24) is 4.90 Å². The SMILES string of the molecule is C#CC1(C)CCCCN1C. The van der Waals surface area contributed by atoms with E-state index < -0.39 is 0 Å². The summed E-state index contributed by atoms with van der Waals surface area (Å²) in [6, 6.07) is 0. The number of rotatable bonds is 0. The van der Waals surface area contributed by atoms with Crippen molar-refractivity contribution >= 4 is 0 Å². The largest absolute Gasteiger partial charge is 0.291 e. The van der Waals surface area contributed by atoms with Crippen molar-refractivity contribution in [3.63, 3.8) is 0 Å². The zero-order valence-corrected chi connectivity index (χ0v) is 6.85. The van der Waals surface area contributed by atoms with Gasteiger partial charge in [0.1, 0.15) is 0 Å². The Kier molecular flexibility index (Phi) is 2.01. The highest BCUT2D eigenvalue weighted by Crippen LogP contribution is 2.24. The Morgan fingerprint density at radius 3 is 2.60 bits per heavy atom. The molecule has 0 bridgehead atoms. The first-order chi connectivity index (χ1) is 4.69. The lowest BCUT2D eigenvalue weighted by Crippen LogP contribution is -2.45. The molecule has 1 unspecified atom stereocenters. The highest BCUT2D eigenvalue weighted by atomic mass is 15.2. The third kappa shape index (κ3) is 1.17. The summed E-state index contributed by atoms with van der Waals surface area (Å²) in [7, 11) is 2.11. The smallest absolute Gasteiger partial charge is 0.0792 e. The van der Waals surface area contributed by atoms with E-state index in [0.29, 0.717) is 0 Å². The summed E-state index contributed by atoms with van der Waals surface area (Å²) >= 11 is 0. The fourth-order valence-electron chi connectivity index (χ4n) is 1.44. The Balaban J connectivity index is 2.65. The highest BCUT2D eigenvalue weighted by molar-refractivity contribution is 5.11. The van der Waals surface area contributed by atoms with Crippen LogP contribution < -0.4 is 0 Å². The van der Waals surface area contributed by atoms with E-state index in [0.717, 1.165) is 13.0 Å². The van der Waals surface area contributed by atoms with Crippen LogP contribution in [0.1, 0.15) is 26.2 Å². The van der Waals surface area contributed by atoms with Crippen molar-refractivity contribution < 1.29 is 0 Å². The fourth-order valence-corrected chi connectivity index (χ4v) is 1.44. The van der Waals surface area contributed by atoms with Gasteiger partial charge in [0.05, 0.1) is 5.54 Å². The molecular formula is C9H15N. The molecule has 0 aliphatic carbocycles. The first-order valence-corrected chi connectivity index (χ1v) is 3.88. The van der Waals surface area contributed by atoms with E-state index in [-0.39, 0.29) is 5.54 Å². The number of hydrogen-bond donors (Lipinski definition) is 0. The van der Waals surface area contributed by atoms with Crippen LogP contribution in [-0.2, 0) is 0 Å². The third-order valence-electron chi connectivity index (χ3n) is 2.56. The predicted molar refractivity (Wildman–Crippen MR) is 43.7 cm³/mol. The van der Waals surface area contributed by atoms with E-state index in [1.807, 2.05) is 0 Å². The van der Waals surface area contributed by atoms with Crippen LogP contribution in [0.5, 0.6) is 0 Å². The van der Waals surface area contributed by atoms with Crippen LogP contribution >= 0.6 is 0 Å². The average molecular weight is 137 g/mol. The zero-order chi connectivity index (χ0) is 7.61. The van der Waals surface area contributed by atoms with E-state index in [1.54, 1.807) is 0 Å². The van der Waals surface area contributed by atoms with Crippen molar-refractivity contribution in [3.8, 4) is 12.3 Å². The van der Waals surface area contributed by atoms with Gasteiger partial charge in [-0.25, -0.2) is 0 Å². The molecule has 10 heavy (non-hydrogen) atoms. The molecule has 0 aromatic carbocycles. The van der Waals surface area contributed by atoms with Gasteiger partial charge < -0.3 is 0 Å². The van der Waals surface area contributed by atoms with Crippen LogP contribution in [0.4, 0.5) is 0 Å². The summed E-state index contributed by atoms with van der Waals surface area (Å²) in [5, 5.41) is 0. The Hall–Kier alpha value is -0.480. The second-order valence-electron chi connectivity index (χ2n) is 3.30. The molecule has 1 aliphatic rings. The van der Waals surface area contributed by atoms with Gasteiger partial charge in [0, 0.05) is 0 Å². The van der Waals surface area contributed by atoms with Crippen molar-refractivity contribution in [2.75, 3.05) is 13.6 Å². The Labute approximate surface area is 63.4 Å². The Morgan fingerprint density at radius 1 is 1.50 bits per heavy atom. The van der Waals surface area contributed by atoms with Crippen LogP contribution in [0, 0.1) is 12.3 Å². The number of likely N-dealkylation sites (tertiary alicyclic amines) is 1.